The van der Waals surface area contributed by atoms with E-state index in [-0.39, 0.29) is 0 Å². The number of fused-ring (bicyclic) bond motifs is 3. The molecule has 2 atom stereocenters. The first-order valence-electron chi connectivity index (χ1n) is 9.32. The van der Waals surface area contributed by atoms with Crippen molar-refractivity contribution in [3.63, 3.8) is 0 Å². The Hall–Kier alpha value is -2.38. The molecular weight excluding hydrogens is 348 g/mol. The zero-order valence-corrected chi connectivity index (χ0v) is 15.1. The van der Waals surface area contributed by atoms with E-state index in [2.05, 4.69) is 15.0 Å². The predicted octanol–water partition coefficient (Wildman–Crippen LogP) is 3.28. The second-order valence-electron chi connectivity index (χ2n) is 7.24. The topological polar surface area (TPSA) is 59.5 Å². The first kappa shape index (κ1) is 18.0. The number of nitrogens with zero attached hydrogens (tertiary/aromatic N) is 4. The molecule has 1 aliphatic carbocycles. The molecule has 0 bridgehead atoms. The molecule has 3 heterocycles. The van der Waals surface area contributed by atoms with Crippen molar-refractivity contribution in [3.8, 4) is 0 Å². The molecule has 142 valence electrons. The van der Waals surface area contributed by atoms with Crippen LogP contribution in [-0.4, -0.2) is 31.6 Å². The fourth-order valence-electron chi connectivity index (χ4n) is 3.94. The molecule has 0 spiro atoms. The van der Waals surface area contributed by atoms with Crippen molar-refractivity contribution in [2.45, 2.75) is 50.9 Å². The highest BCUT2D eigenvalue weighted by Gasteiger charge is 2.32. The Balaban J connectivity index is 0.000000190. The predicted molar refractivity (Wildman–Crippen MR) is 98.8 cm³/mol. The standard InChI is InChI=1S/C14H19N5.C6H4F2/c15-10-3-1-4-11(7-10)18-8-12-13(9-18)17-19-6-2-5-16-14(12)19;7-5-1-2-6(8)4-3-5/h2,5-6,10-11H,1,3-4,7-9,15H2;1-4H/t10-,11?;/m1./s1. The summed E-state index contributed by atoms with van der Waals surface area (Å²) in [6.07, 6.45) is 8.66. The van der Waals surface area contributed by atoms with Crippen LogP contribution in [0.2, 0.25) is 0 Å². The molecule has 5 rings (SSSR count). The highest BCUT2D eigenvalue weighted by molar-refractivity contribution is 5.51. The molecule has 2 N–H and O–H groups in total. The molecule has 1 fully saturated rings. The molecule has 1 unspecified atom stereocenters. The molecule has 0 radical (unpaired) electrons. The van der Waals surface area contributed by atoms with E-state index in [1.165, 1.54) is 30.5 Å². The number of aromatic nitrogens is 3. The highest BCUT2D eigenvalue weighted by Crippen LogP contribution is 2.31. The monoisotopic (exact) mass is 371 g/mol. The normalized spacial score (nSPS) is 22.3. The summed E-state index contributed by atoms with van der Waals surface area (Å²) in [7, 11) is 0. The van der Waals surface area contributed by atoms with Crippen molar-refractivity contribution in [1.29, 1.82) is 0 Å². The Morgan fingerprint density at radius 2 is 1.78 bits per heavy atom. The van der Waals surface area contributed by atoms with Crippen molar-refractivity contribution in [3.05, 3.63) is 65.6 Å². The Bertz CT molecular complexity index is 887. The van der Waals surface area contributed by atoms with Crippen LogP contribution < -0.4 is 5.73 Å². The van der Waals surface area contributed by atoms with Crippen molar-refractivity contribution in [2.75, 3.05) is 0 Å². The Morgan fingerprint density at radius 3 is 2.48 bits per heavy atom. The lowest BCUT2D eigenvalue weighted by molar-refractivity contribution is 0.146. The van der Waals surface area contributed by atoms with E-state index >= 15 is 0 Å². The van der Waals surface area contributed by atoms with Gasteiger partial charge in [0.1, 0.15) is 11.6 Å². The SMILES string of the molecule is Fc1ccc(F)cc1.N[C@@H]1CCCC(N2Cc3nn4cccnc4c3C2)C1. The van der Waals surface area contributed by atoms with Gasteiger partial charge in [-0.15, -0.1) is 0 Å². The van der Waals surface area contributed by atoms with Gasteiger partial charge < -0.3 is 5.73 Å². The van der Waals surface area contributed by atoms with Gasteiger partial charge in [-0.25, -0.2) is 18.3 Å². The number of hydrogen-bond acceptors (Lipinski definition) is 4. The summed E-state index contributed by atoms with van der Waals surface area (Å²) in [6.45, 7) is 1.93. The van der Waals surface area contributed by atoms with Crippen LogP contribution >= 0.6 is 0 Å². The lowest BCUT2D eigenvalue weighted by Gasteiger charge is -2.33. The summed E-state index contributed by atoms with van der Waals surface area (Å²) >= 11 is 0. The maximum Gasteiger partial charge on any atom is 0.159 e. The smallest absolute Gasteiger partial charge is 0.159 e. The molecule has 2 aliphatic rings. The van der Waals surface area contributed by atoms with Crippen LogP contribution in [0.5, 0.6) is 0 Å². The summed E-state index contributed by atoms with van der Waals surface area (Å²) in [5.41, 5.74) is 9.62. The second-order valence-corrected chi connectivity index (χ2v) is 7.24. The molecule has 0 amide bonds. The zero-order valence-electron chi connectivity index (χ0n) is 15.1. The van der Waals surface area contributed by atoms with Crippen LogP contribution in [0.25, 0.3) is 5.65 Å². The molecule has 1 aromatic carbocycles. The van der Waals surface area contributed by atoms with Gasteiger partial charge >= 0.3 is 0 Å². The Labute approximate surface area is 156 Å². The Morgan fingerprint density at radius 1 is 1.04 bits per heavy atom. The average molecular weight is 371 g/mol. The number of benzene rings is 1. The third-order valence-corrected chi connectivity index (χ3v) is 5.29. The van der Waals surface area contributed by atoms with Crippen molar-refractivity contribution >= 4 is 5.65 Å². The van der Waals surface area contributed by atoms with E-state index < -0.39 is 11.6 Å². The highest BCUT2D eigenvalue weighted by atomic mass is 19.1. The summed E-state index contributed by atoms with van der Waals surface area (Å²) in [5, 5.41) is 4.64. The molecule has 2 aromatic heterocycles. The van der Waals surface area contributed by atoms with Gasteiger partial charge in [0.05, 0.1) is 5.69 Å². The van der Waals surface area contributed by atoms with Crippen LogP contribution in [0.3, 0.4) is 0 Å². The minimum absolute atomic E-state index is 0.380. The van der Waals surface area contributed by atoms with Gasteiger partial charge in [0.2, 0.25) is 0 Å². The van der Waals surface area contributed by atoms with Crippen LogP contribution in [-0.2, 0) is 13.1 Å². The van der Waals surface area contributed by atoms with Gasteiger partial charge in [0.15, 0.2) is 5.65 Å². The van der Waals surface area contributed by atoms with Gasteiger partial charge in [-0.3, -0.25) is 4.90 Å². The van der Waals surface area contributed by atoms with Gasteiger partial charge in [0.25, 0.3) is 0 Å². The van der Waals surface area contributed by atoms with Gasteiger partial charge in [-0.1, -0.05) is 6.42 Å². The summed E-state index contributed by atoms with van der Waals surface area (Å²) in [4.78, 5) is 6.99. The molecule has 1 aliphatic heterocycles. The fourth-order valence-corrected chi connectivity index (χ4v) is 3.94. The van der Waals surface area contributed by atoms with Gasteiger partial charge in [-0.2, -0.15) is 5.10 Å². The first-order valence-corrected chi connectivity index (χ1v) is 9.32. The number of hydrogen-bond donors (Lipinski definition) is 1. The largest absolute Gasteiger partial charge is 0.328 e. The molecule has 3 aromatic rings. The third kappa shape index (κ3) is 3.99. The fraction of sp³-hybridized carbons (Fsp3) is 0.400. The summed E-state index contributed by atoms with van der Waals surface area (Å²) in [5.74, 6) is -0.821. The minimum atomic E-state index is -0.411. The maximum atomic E-state index is 11.9. The molecular formula is C20H23F2N5. The number of rotatable bonds is 1. The van der Waals surface area contributed by atoms with Crippen molar-refractivity contribution in [1.82, 2.24) is 19.5 Å². The van der Waals surface area contributed by atoms with Crippen LogP contribution in [0.1, 0.15) is 36.9 Å². The summed E-state index contributed by atoms with van der Waals surface area (Å²) in [6, 6.07) is 7.25. The minimum Gasteiger partial charge on any atom is -0.328 e. The summed E-state index contributed by atoms with van der Waals surface area (Å²) < 4.78 is 25.7. The van der Waals surface area contributed by atoms with Crippen molar-refractivity contribution < 1.29 is 8.78 Å². The molecule has 5 nitrogen and oxygen atoms in total. The van der Waals surface area contributed by atoms with E-state index in [1.807, 2.05) is 23.0 Å². The van der Waals surface area contributed by atoms with Gasteiger partial charge in [-0.05, 0) is 49.6 Å². The molecule has 1 saturated carbocycles. The molecule has 0 saturated heterocycles. The van der Waals surface area contributed by atoms with E-state index in [1.54, 1.807) is 0 Å². The van der Waals surface area contributed by atoms with Crippen molar-refractivity contribution in [2.24, 2.45) is 5.73 Å². The van der Waals surface area contributed by atoms with Crippen LogP contribution in [0.15, 0.2) is 42.7 Å². The van der Waals surface area contributed by atoms with Gasteiger partial charge in [0, 0.05) is 43.1 Å². The first-order chi connectivity index (χ1) is 13.1. The van der Waals surface area contributed by atoms with Crippen LogP contribution in [0, 0.1) is 11.6 Å². The Kier molecular flexibility index (Phi) is 5.13. The zero-order chi connectivity index (χ0) is 18.8. The quantitative estimate of drug-likeness (QED) is 0.713. The van der Waals surface area contributed by atoms with E-state index in [4.69, 9.17) is 5.73 Å². The number of nitrogens with two attached hydrogens (primary N) is 1. The van der Waals surface area contributed by atoms with Crippen LogP contribution in [0.4, 0.5) is 8.78 Å². The number of halogens is 2. The maximum absolute atomic E-state index is 11.9. The van der Waals surface area contributed by atoms with E-state index in [0.717, 1.165) is 49.4 Å². The molecule has 7 heteroatoms. The van der Waals surface area contributed by atoms with E-state index in [9.17, 15) is 8.78 Å². The third-order valence-electron chi connectivity index (χ3n) is 5.29. The van der Waals surface area contributed by atoms with E-state index in [0.29, 0.717) is 12.1 Å². The second kappa shape index (κ2) is 7.70. The lowest BCUT2D eigenvalue weighted by atomic mass is 9.91. The lowest BCUT2D eigenvalue weighted by Crippen LogP contribution is -2.40. The average Bonchev–Trinajstić information content (AvgIpc) is 3.23. The molecule has 27 heavy (non-hydrogen) atoms.